The Kier molecular flexibility index (Phi) is 5.46. The maximum absolute atomic E-state index is 12.2. The van der Waals surface area contributed by atoms with Crippen LogP contribution in [-0.4, -0.2) is 17.1 Å². The molecule has 2 rings (SSSR count). The zero-order valence-electron chi connectivity index (χ0n) is 11.9. The van der Waals surface area contributed by atoms with Crippen molar-refractivity contribution in [1.29, 1.82) is 0 Å². The molecular weight excluding hydrogens is 320 g/mol. The number of amides is 2. The van der Waals surface area contributed by atoms with Crippen LogP contribution in [0.15, 0.2) is 53.4 Å². The van der Waals surface area contributed by atoms with Gasteiger partial charge in [-0.1, -0.05) is 17.7 Å². The first-order valence-electron chi connectivity index (χ1n) is 6.58. The molecule has 2 aromatic carbocycles. The van der Waals surface area contributed by atoms with Gasteiger partial charge in [-0.2, -0.15) is 0 Å². The van der Waals surface area contributed by atoms with Gasteiger partial charge in [-0.25, -0.2) is 0 Å². The molecule has 0 radical (unpaired) electrons. The molecule has 0 aliphatic carbocycles. The van der Waals surface area contributed by atoms with Crippen LogP contribution in [0.3, 0.4) is 0 Å². The minimum atomic E-state index is -0.528. The highest BCUT2D eigenvalue weighted by molar-refractivity contribution is 8.00. The van der Waals surface area contributed by atoms with E-state index in [1.165, 1.54) is 11.8 Å². The van der Waals surface area contributed by atoms with E-state index < -0.39 is 5.91 Å². The average molecular weight is 335 g/mol. The Morgan fingerprint density at radius 2 is 1.86 bits per heavy atom. The summed E-state index contributed by atoms with van der Waals surface area (Å²) in [5, 5.41) is 3.14. The van der Waals surface area contributed by atoms with E-state index in [-0.39, 0.29) is 11.2 Å². The number of primary amides is 1. The van der Waals surface area contributed by atoms with Crippen LogP contribution in [0.25, 0.3) is 0 Å². The third-order valence-corrected chi connectivity index (χ3v) is 4.27. The Morgan fingerprint density at radius 1 is 1.18 bits per heavy atom. The second kappa shape index (κ2) is 7.33. The first-order valence-corrected chi connectivity index (χ1v) is 7.84. The van der Waals surface area contributed by atoms with E-state index in [1.54, 1.807) is 36.4 Å². The van der Waals surface area contributed by atoms with Crippen LogP contribution in [-0.2, 0) is 4.79 Å². The molecule has 2 aromatic rings. The van der Waals surface area contributed by atoms with Gasteiger partial charge in [0.25, 0.3) is 0 Å². The molecule has 0 aliphatic rings. The molecule has 4 nitrogen and oxygen atoms in total. The summed E-state index contributed by atoms with van der Waals surface area (Å²) < 4.78 is 0. The fraction of sp³-hybridized carbons (Fsp3) is 0.125. The van der Waals surface area contributed by atoms with E-state index in [9.17, 15) is 9.59 Å². The van der Waals surface area contributed by atoms with Crippen molar-refractivity contribution in [2.24, 2.45) is 5.73 Å². The molecule has 0 saturated carbocycles. The van der Waals surface area contributed by atoms with Gasteiger partial charge in [0.05, 0.1) is 5.25 Å². The van der Waals surface area contributed by atoms with Crippen LogP contribution < -0.4 is 11.1 Å². The number of hydrogen-bond acceptors (Lipinski definition) is 3. The van der Waals surface area contributed by atoms with Crippen LogP contribution in [0, 0.1) is 0 Å². The van der Waals surface area contributed by atoms with Gasteiger partial charge < -0.3 is 11.1 Å². The Morgan fingerprint density at radius 3 is 2.50 bits per heavy atom. The molecule has 6 heteroatoms. The van der Waals surface area contributed by atoms with Gasteiger partial charge >= 0.3 is 0 Å². The van der Waals surface area contributed by atoms with E-state index in [2.05, 4.69) is 5.32 Å². The largest absolute Gasteiger partial charge is 0.366 e. The predicted molar refractivity (Wildman–Crippen MR) is 90.4 cm³/mol. The third kappa shape index (κ3) is 4.51. The average Bonchev–Trinajstić information content (AvgIpc) is 2.49. The highest BCUT2D eigenvalue weighted by Crippen LogP contribution is 2.25. The van der Waals surface area contributed by atoms with E-state index in [0.717, 1.165) is 4.90 Å². The maximum Gasteiger partial charge on any atom is 0.248 e. The Balaban J connectivity index is 2.00. The van der Waals surface area contributed by atoms with Crippen molar-refractivity contribution in [3.05, 3.63) is 59.1 Å². The number of hydrogen-bond donors (Lipinski definition) is 2. The molecule has 0 unspecified atom stereocenters. The summed E-state index contributed by atoms with van der Waals surface area (Å²) in [7, 11) is 0. The fourth-order valence-corrected chi connectivity index (χ4v) is 2.76. The van der Waals surface area contributed by atoms with Gasteiger partial charge in [0, 0.05) is 21.2 Å². The van der Waals surface area contributed by atoms with Crippen LogP contribution in [0.2, 0.25) is 5.02 Å². The van der Waals surface area contributed by atoms with Crippen molar-refractivity contribution < 1.29 is 9.59 Å². The predicted octanol–water partition coefficient (Wildman–Crippen LogP) is 3.56. The Bertz CT molecular complexity index is 689. The number of rotatable bonds is 5. The Hall–Kier alpha value is -1.98. The summed E-state index contributed by atoms with van der Waals surface area (Å²) >= 11 is 7.26. The molecule has 0 fully saturated rings. The first-order chi connectivity index (χ1) is 10.5. The molecule has 0 aromatic heterocycles. The van der Waals surface area contributed by atoms with Crippen molar-refractivity contribution in [3.8, 4) is 0 Å². The summed E-state index contributed by atoms with van der Waals surface area (Å²) in [6.45, 7) is 1.81. The monoisotopic (exact) mass is 334 g/mol. The molecule has 0 aliphatic heterocycles. The minimum absolute atomic E-state index is 0.151. The highest BCUT2D eigenvalue weighted by atomic mass is 35.5. The van der Waals surface area contributed by atoms with Crippen LogP contribution in [0.4, 0.5) is 5.69 Å². The summed E-state index contributed by atoms with van der Waals surface area (Å²) in [5.74, 6) is -0.679. The summed E-state index contributed by atoms with van der Waals surface area (Å²) in [5.41, 5.74) is 6.12. The van der Waals surface area contributed by atoms with Gasteiger partial charge in [-0.05, 0) is 49.4 Å². The van der Waals surface area contributed by atoms with Gasteiger partial charge in [0.15, 0.2) is 0 Å². The van der Waals surface area contributed by atoms with E-state index >= 15 is 0 Å². The van der Waals surface area contributed by atoms with E-state index in [1.807, 2.05) is 19.1 Å². The quantitative estimate of drug-likeness (QED) is 0.821. The lowest BCUT2D eigenvalue weighted by atomic mass is 10.2. The van der Waals surface area contributed by atoms with Crippen molar-refractivity contribution in [2.75, 3.05) is 5.32 Å². The standard InChI is InChI=1S/C16H15ClN2O2S/c1-10(22-14-7-5-12(17)6-8-14)16(21)19-13-4-2-3-11(9-13)15(18)20/h2-10H,1H3,(H2,18,20)(H,19,21)/t10-/m0/s1. The molecule has 2 amide bonds. The number of nitrogens with two attached hydrogens (primary N) is 1. The second-order valence-corrected chi connectivity index (χ2v) is 6.50. The van der Waals surface area contributed by atoms with Crippen molar-refractivity contribution >= 4 is 40.9 Å². The number of benzene rings is 2. The minimum Gasteiger partial charge on any atom is -0.366 e. The van der Waals surface area contributed by atoms with Gasteiger partial charge in [-0.15, -0.1) is 11.8 Å². The topological polar surface area (TPSA) is 72.2 Å². The smallest absolute Gasteiger partial charge is 0.248 e. The summed E-state index contributed by atoms with van der Waals surface area (Å²) in [6.07, 6.45) is 0. The number of carbonyl (C=O) groups excluding carboxylic acids is 2. The highest BCUT2D eigenvalue weighted by Gasteiger charge is 2.15. The molecule has 0 saturated heterocycles. The molecule has 114 valence electrons. The van der Waals surface area contributed by atoms with Gasteiger partial charge in [-0.3, -0.25) is 9.59 Å². The van der Waals surface area contributed by atoms with Crippen LogP contribution >= 0.6 is 23.4 Å². The van der Waals surface area contributed by atoms with Crippen molar-refractivity contribution in [3.63, 3.8) is 0 Å². The lowest BCUT2D eigenvalue weighted by Crippen LogP contribution is -2.22. The summed E-state index contributed by atoms with van der Waals surface area (Å²) in [4.78, 5) is 24.3. The third-order valence-electron chi connectivity index (χ3n) is 2.91. The van der Waals surface area contributed by atoms with Gasteiger partial charge in [0.2, 0.25) is 11.8 Å². The fourth-order valence-electron chi connectivity index (χ4n) is 1.76. The molecule has 0 spiro atoms. The molecule has 22 heavy (non-hydrogen) atoms. The molecule has 0 heterocycles. The van der Waals surface area contributed by atoms with E-state index in [0.29, 0.717) is 16.3 Å². The Labute approximate surface area is 138 Å². The molecule has 0 bridgehead atoms. The summed E-state index contributed by atoms with van der Waals surface area (Å²) in [6, 6.07) is 13.8. The molecule has 3 N–H and O–H groups in total. The lowest BCUT2D eigenvalue weighted by molar-refractivity contribution is -0.115. The molecular formula is C16H15ClN2O2S. The lowest BCUT2D eigenvalue weighted by Gasteiger charge is -2.12. The normalized spacial score (nSPS) is 11.7. The van der Waals surface area contributed by atoms with Crippen molar-refractivity contribution in [1.82, 2.24) is 0 Å². The van der Waals surface area contributed by atoms with Crippen LogP contribution in [0.5, 0.6) is 0 Å². The number of thioether (sulfide) groups is 1. The van der Waals surface area contributed by atoms with Gasteiger partial charge in [0.1, 0.15) is 0 Å². The van der Waals surface area contributed by atoms with Crippen LogP contribution in [0.1, 0.15) is 17.3 Å². The van der Waals surface area contributed by atoms with E-state index in [4.69, 9.17) is 17.3 Å². The first kappa shape index (κ1) is 16.4. The maximum atomic E-state index is 12.2. The number of halogens is 1. The number of nitrogens with one attached hydrogen (secondary N) is 1. The molecule has 1 atom stereocenters. The number of anilines is 1. The zero-order chi connectivity index (χ0) is 16.1. The zero-order valence-corrected chi connectivity index (χ0v) is 13.4. The second-order valence-electron chi connectivity index (χ2n) is 4.65. The van der Waals surface area contributed by atoms with Crippen molar-refractivity contribution in [2.45, 2.75) is 17.1 Å². The number of carbonyl (C=O) groups is 2. The SMILES string of the molecule is C[C@H](Sc1ccc(Cl)cc1)C(=O)Nc1cccc(C(N)=O)c1.